The molecule has 0 fully saturated rings. The van der Waals surface area contributed by atoms with Crippen molar-refractivity contribution in [1.29, 1.82) is 0 Å². The maximum atomic E-state index is 3.12. The molecule has 1 atom stereocenters. The Morgan fingerprint density at radius 3 is 2.50 bits per heavy atom. The smallest absolute Gasteiger partial charge is 0.00911 e. The second-order valence-corrected chi connectivity index (χ2v) is 3.57. The topological polar surface area (TPSA) is 0 Å². The van der Waals surface area contributed by atoms with Crippen LogP contribution in [0.5, 0.6) is 0 Å². The van der Waals surface area contributed by atoms with Gasteiger partial charge in [0.25, 0.3) is 0 Å². The first-order valence-electron chi connectivity index (χ1n) is 5.20. The van der Waals surface area contributed by atoms with Crippen LogP contribution in [0.15, 0.2) is 0 Å². The first-order valence-corrected chi connectivity index (χ1v) is 5.20. The molecule has 0 aromatic rings. The van der Waals surface area contributed by atoms with Crippen molar-refractivity contribution in [3.63, 3.8) is 0 Å². The maximum Gasteiger partial charge on any atom is 0.00911 e. The van der Waals surface area contributed by atoms with E-state index in [-0.39, 0.29) is 0 Å². The standard InChI is InChI=1S/C12H22/c1-4-6-8-10-12(3)11-9-7-5-2/h12H,4,6,8-11H2,1-3H3. The van der Waals surface area contributed by atoms with Gasteiger partial charge in [-0.1, -0.05) is 39.5 Å². The van der Waals surface area contributed by atoms with Crippen molar-refractivity contribution < 1.29 is 0 Å². The van der Waals surface area contributed by atoms with E-state index in [2.05, 4.69) is 25.7 Å². The minimum absolute atomic E-state index is 0.873. The van der Waals surface area contributed by atoms with Gasteiger partial charge in [-0.15, -0.1) is 11.8 Å². The van der Waals surface area contributed by atoms with Gasteiger partial charge in [0.1, 0.15) is 0 Å². The number of unbranched alkanes of at least 4 members (excludes halogenated alkanes) is 2. The largest absolute Gasteiger partial charge is 0.107 e. The van der Waals surface area contributed by atoms with Crippen LogP contribution >= 0.6 is 0 Å². The van der Waals surface area contributed by atoms with Crippen LogP contribution in [0.3, 0.4) is 0 Å². The van der Waals surface area contributed by atoms with Gasteiger partial charge in [-0.2, -0.15) is 0 Å². The van der Waals surface area contributed by atoms with Crippen LogP contribution in [0.25, 0.3) is 0 Å². The van der Waals surface area contributed by atoms with Gasteiger partial charge in [-0.3, -0.25) is 0 Å². The minimum Gasteiger partial charge on any atom is -0.107 e. The second kappa shape index (κ2) is 8.65. The molecule has 0 saturated carbocycles. The summed E-state index contributed by atoms with van der Waals surface area (Å²) in [5.74, 6) is 6.93. The summed E-state index contributed by atoms with van der Waals surface area (Å²) < 4.78 is 0. The molecule has 0 amide bonds. The summed E-state index contributed by atoms with van der Waals surface area (Å²) >= 11 is 0. The highest BCUT2D eigenvalue weighted by molar-refractivity contribution is 4.94. The summed E-state index contributed by atoms with van der Waals surface area (Å²) in [5.41, 5.74) is 0. The van der Waals surface area contributed by atoms with Crippen molar-refractivity contribution in [2.75, 3.05) is 0 Å². The molecule has 0 aromatic heterocycles. The molecule has 0 radical (unpaired) electrons. The van der Waals surface area contributed by atoms with Gasteiger partial charge in [0.05, 0.1) is 0 Å². The first kappa shape index (κ1) is 11.6. The molecule has 0 bridgehead atoms. The summed E-state index contributed by atoms with van der Waals surface area (Å²) in [7, 11) is 0. The zero-order valence-corrected chi connectivity index (χ0v) is 8.82. The van der Waals surface area contributed by atoms with Gasteiger partial charge in [-0.05, 0) is 19.3 Å². The Hall–Kier alpha value is -0.440. The fourth-order valence-electron chi connectivity index (χ4n) is 1.33. The lowest BCUT2D eigenvalue weighted by Crippen LogP contribution is -1.93. The van der Waals surface area contributed by atoms with E-state index in [4.69, 9.17) is 0 Å². The monoisotopic (exact) mass is 166 g/mol. The van der Waals surface area contributed by atoms with E-state index in [1.54, 1.807) is 0 Å². The lowest BCUT2D eigenvalue weighted by atomic mass is 9.98. The Morgan fingerprint density at radius 2 is 1.92 bits per heavy atom. The average Bonchev–Trinajstić information content (AvgIpc) is 2.06. The Kier molecular flexibility index (Phi) is 8.34. The lowest BCUT2D eigenvalue weighted by molar-refractivity contribution is 0.470. The van der Waals surface area contributed by atoms with E-state index in [1.807, 2.05) is 6.92 Å². The third-order valence-electron chi connectivity index (χ3n) is 2.24. The third-order valence-corrected chi connectivity index (χ3v) is 2.24. The van der Waals surface area contributed by atoms with Crippen LogP contribution in [0.2, 0.25) is 0 Å². The van der Waals surface area contributed by atoms with Crippen molar-refractivity contribution in [3.8, 4) is 11.8 Å². The zero-order chi connectivity index (χ0) is 9.23. The van der Waals surface area contributed by atoms with Gasteiger partial charge >= 0.3 is 0 Å². The number of hydrogen-bond acceptors (Lipinski definition) is 0. The molecule has 0 rings (SSSR count). The van der Waals surface area contributed by atoms with Gasteiger partial charge in [0.15, 0.2) is 0 Å². The van der Waals surface area contributed by atoms with Crippen LogP contribution in [0.4, 0.5) is 0 Å². The maximum absolute atomic E-state index is 3.12. The number of rotatable bonds is 6. The molecule has 0 aromatic carbocycles. The predicted molar refractivity (Wildman–Crippen MR) is 56.0 cm³/mol. The molecule has 12 heavy (non-hydrogen) atoms. The lowest BCUT2D eigenvalue weighted by Gasteiger charge is -2.07. The van der Waals surface area contributed by atoms with Crippen LogP contribution in [0.1, 0.15) is 59.3 Å². The molecule has 0 saturated heterocycles. The van der Waals surface area contributed by atoms with E-state index in [9.17, 15) is 0 Å². The Morgan fingerprint density at radius 1 is 1.17 bits per heavy atom. The molecule has 0 aliphatic rings. The molecule has 0 spiro atoms. The summed E-state index contributed by atoms with van der Waals surface area (Å²) in [6.45, 7) is 6.52. The van der Waals surface area contributed by atoms with Crippen LogP contribution < -0.4 is 0 Å². The SMILES string of the molecule is CC#CCCC(C)CCCCC. The molecule has 0 aliphatic carbocycles. The Balaban J connectivity index is 3.19. The van der Waals surface area contributed by atoms with E-state index in [1.165, 1.54) is 32.1 Å². The van der Waals surface area contributed by atoms with Gasteiger partial charge in [0, 0.05) is 6.42 Å². The zero-order valence-electron chi connectivity index (χ0n) is 8.82. The summed E-state index contributed by atoms with van der Waals surface area (Å²) in [5, 5.41) is 0. The fraction of sp³-hybridized carbons (Fsp3) is 0.833. The Labute approximate surface area is 77.8 Å². The summed E-state index contributed by atoms with van der Waals surface area (Å²) in [4.78, 5) is 0. The van der Waals surface area contributed by atoms with Crippen molar-refractivity contribution in [1.82, 2.24) is 0 Å². The highest BCUT2D eigenvalue weighted by atomic mass is 14.0. The van der Waals surface area contributed by atoms with E-state index < -0.39 is 0 Å². The van der Waals surface area contributed by atoms with Crippen molar-refractivity contribution in [2.45, 2.75) is 59.3 Å². The Bertz CT molecular complexity index is 136. The van der Waals surface area contributed by atoms with Crippen LogP contribution in [-0.4, -0.2) is 0 Å². The van der Waals surface area contributed by atoms with E-state index in [0.717, 1.165) is 12.3 Å². The minimum atomic E-state index is 0.873. The van der Waals surface area contributed by atoms with Gasteiger partial charge < -0.3 is 0 Å². The summed E-state index contributed by atoms with van der Waals surface area (Å²) in [6, 6.07) is 0. The second-order valence-electron chi connectivity index (χ2n) is 3.57. The average molecular weight is 166 g/mol. The fourth-order valence-corrected chi connectivity index (χ4v) is 1.33. The van der Waals surface area contributed by atoms with Crippen molar-refractivity contribution >= 4 is 0 Å². The molecule has 0 aliphatic heterocycles. The summed E-state index contributed by atoms with van der Waals surface area (Å²) in [6.07, 6.45) is 7.89. The molecule has 0 nitrogen and oxygen atoms in total. The van der Waals surface area contributed by atoms with Crippen LogP contribution in [0, 0.1) is 17.8 Å². The normalized spacial score (nSPS) is 11.9. The third kappa shape index (κ3) is 7.66. The van der Waals surface area contributed by atoms with Crippen LogP contribution in [-0.2, 0) is 0 Å². The van der Waals surface area contributed by atoms with Crippen molar-refractivity contribution in [3.05, 3.63) is 0 Å². The molecule has 0 heteroatoms. The van der Waals surface area contributed by atoms with Crippen molar-refractivity contribution in [2.24, 2.45) is 5.92 Å². The molecular weight excluding hydrogens is 144 g/mol. The first-order chi connectivity index (χ1) is 5.81. The molecule has 0 N–H and O–H groups in total. The highest BCUT2D eigenvalue weighted by Gasteiger charge is 1.99. The predicted octanol–water partition coefficient (Wildman–Crippen LogP) is 4.01. The highest BCUT2D eigenvalue weighted by Crippen LogP contribution is 2.13. The van der Waals surface area contributed by atoms with E-state index >= 15 is 0 Å². The van der Waals surface area contributed by atoms with Gasteiger partial charge in [0.2, 0.25) is 0 Å². The molecule has 0 heterocycles. The van der Waals surface area contributed by atoms with E-state index in [0.29, 0.717) is 0 Å². The van der Waals surface area contributed by atoms with Gasteiger partial charge in [-0.25, -0.2) is 0 Å². The molecular formula is C12H22. The molecule has 70 valence electrons. The number of hydrogen-bond donors (Lipinski definition) is 0. The quantitative estimate of drug-likeness (QED) is 0.413. The molecule has 1 unspecified atom stereocenters.